The predicted molar refractivity (Wildman–Crippen MR) is 87.3 cm³/mol. The molecule has 11 nitrogen and oxygen atoms in total. The van der Waals surface area contributed by atoms with Gasteiger partial charge in [0, 0.05) is 12.5 Å². The van der Waals surface area contributed by atoms with Crippen LogP contribution in [0.25, 0.3) is 0 Å². The van der Waals surface area contributed by atoms with Gasteiger partial charge in [-0.15, -0.1) is 0 Å². The molecule has 26 heavy (non-hydrogen) atoms. The van der Waals surface area contributed by atoms with Crippen LogP contribution < -0.4 is 15.9 Å². The molecule has 11 heteroatoms. The first kappa shape index (κ1) is 20.4. The second-order valence-electron chi connectivity index (χ2n) is 5.14. The summed E-state index contributed by atoms with van der Waals surface area (Å²) in [5.41, 5.74) is 5.75. The fraction of sp³-hybridized carbons (Fsp3) is 0.267. The molecule has 1 rings (SSSR count). The molecule has 0 fully saturated rings. The second kappa shape index (κ2) is 9.01. The lowest BCUT2D eigenvalue weighted by Gasteiger charge is -2.21. The fourth-order valence-electron chi connectivity index (χ4n) is 1.78. The quantitative estimate of drug-likeness (QED) is 0.213. The van der Waals surface area contributed by atoms with Crippen molar-refractivity contribution in [2.75, 3.05) is 6.54 Å². The molecular formula is C15H18N4O7. The maximum Gasteiger partial charge on any atom is 0.326 e. The second-order valence-corrected chi connectivity index (χ2v) is 5.14. The third kappa shape index (κ3) is 6.47. The van der Waals surface area contributed by atoms with Crippen molar-refractivity contribution in [3.05, 3.63) is 29.8 Å². The number of nitrogens with zero attached hydrogens (tertiary/aromatic N) is 1. The topological polar surface area (TPSA) is 183 Å². The number of rotatable bonds is 9. The average molecular weight is 366 g/mol. The first-order valence-corrected chi connectivity index (χ1v) is 7.24. The molecule has 0 unspecified atom stereocenters. The lowest BCUT2D eigenvalue weighted by atomic mass is 10.2. The maximum atomic E-state index is 11.9. The molecule has 0 saturated carbocycles. The van der Waals surface area contributed by atoms with Gasteiger partial charge in [-0.3, -0.25) is 19.8 Å². The van der Waals surface area contributed by atoms with Gasteiger partial charge >= 0.3 is 11.9 Å². The van der Waals surface area contributed by atoms with Crippen LogP contribution in [0.5, 0.6) is 5.75 Å². The van der Waals surface area contributed by atoms with E-state index in [0.29, 0.717) is 10.6 Å². The molecule has 0 heterocycles. The monoisotopic (exact) mass is 366 g/mol. The van der Waals surface area contributed by atoms with E-state index in [1.54, 1.807) is 0 Å². The van der Waals surface area contributed by atoms with E-state index in [1.165, 1.54) is 24.3 Å². The van der Waals surface area contributed by atoms with Gasteiger partial charge in [0.05, 0.1) is 6.42 Å². The van der Waals surface area contributed by atoms with Crippen LogP contribution in [0.15, 0.2) is 24.3 Å². The normalized spacial score (nSPS) is 11.1. The van der Waals surface area contributed by atoms with Crippen LogP contribution in [-0.2, 0) is 19.2 Å². The Morgan fingerprint density at radius 1 is 1.23 bits per heavy atom. The van der Waals surface area contributed by atoms with Crippen LogP contribution in [0.2, 0.25) is 0 Å². The number of amidine groups is 1. The van der Waals surface area contributed by atoms with Gasteiger partial charge in [0.2, 0.25) is 5.91 Å². The highest BCUT2D eigenvalue weighted by molar-refractivity contribution is 5.95. The number of nitrogens with one attached hydrogen (secondary N) is 2. The highest BCUT2D eigenvalue weighted by atomic mass is 16.7. The number of nitrogen functional groups attached to an aromatic ring is 1. The highest BCUT2D eigenvalue weighted by Crippen LogP contribution is 2.13. The zero-order valence-electron chi connectivity index (χ0n) is 13.8. The Morgan fingerprint density at radius 3 is 2.23 bits per heavy atom. The third-order valence-electron chi connectivity index (χ3n) is 3.03. The molecule has 0 aliphatic rings. The zero-order chi connectivity index (χ0) is 19.9. The van der Waals surface area contributed by atoms with Crippen LogP contribution >= 0.6 is 0 Å². The third-order valence-corrected chi connectivity index (χ3v) is 3.03. The minimum absolute atomic E-state index is 0.155. The number of carboxylic acid groups (broad SMARTS) is 2. The minimum atomic E-state index is -1.64. The van der Waals surface area contributed by atoms with Crippen molar-refractivity contribution >= 4 is 29.6 Å². The summed E-state index contributed by atoms with van der Waals surface area (Å²) in [6.45, 7) is 0.482. The van der Waals surface area contributed by atoms with Crippen LogP contribution in [0, 0.1) is 5.41 Å². The number of hydrogen-bond acceptors (Lipinski definition) is 6. The summed E-state index contributed by atoms with van der Waals surface area (Å²) in [5, 5.41) is 27.5. The average Bonchev–Trinajstić information content (AvgIpc) is 2.53. The number of carbonyl (C=O) groups is 4. The zero-order valence-corrected chi connectivity index (χ0v) is 13.8. The summed E-state index contributed by atoms with van der Waals surface area (Å²) in [7, 11) is 0. The molecule has 2 amide bonds. The van der Waals surface area contributed by atoms with E-state index in [4.69, 9.17) is 26.2 Å². The van der Waals surface area contributed by atoms with Gasteiger partial charge in [0.15, 0.2) is 5.75 Å². The van der Waals surface area contributed by atoms with E-state index in [0.717, 1.165) is 6.92 Å². The number of nitrogens with two attached hydrogens (primary N) is 1. The van der Waals surface area contributed by atoms with E-state index in [9.17, 15) is 19.2 Å². The van der Waals surface area contributed by atoms with Crippen LogP contribution in [0.1, 0.15) is 18.9 Å². The van der Waals surface area contributed by atoms with Crippen LogP contribution in [-0.4, -0.2) is 57.5 Å². The molecule has 0 spiro atoms. The SMILES string of the molecule is CC(=O)N(CC(=O)N[C@@H](CC(=O)O)C(=O)O)Oc1ccc(C(=N)N)cc1. The van der Waals surface area contributed by atoms with Crippen LogP contribution in [0.4, 0.5) is 0 Å². The predicted octanol–water partition coefficient (Wildman–Crippen LogP) is -0.843. The van der Waals surface area contributed by atoms with Crippen molar-refractivity contribution < 1.29 is 34.2 Å². The van der Waals surface area contributed by atoms with E-state index in [2.05, 4.69) is 0 Å². The van der Waals surface area contributed by atoms with E-state index < -0.39 is 42.8 Å². The van der Waals surface area contributed by atoms with Gasteiger partial charge in [-0.1, -0.05) is 0 Å². The summed E-state index contributed by atoms with van der Waals surface area (Å²) >= 11 is 0. The van der Waals surface area contributed by atoms with E-state index >= 15 is 0 Å². The number of carboxylic acids is 2. The molecule has 1 aromatic carbocycles. The number of aliphatic carboxylic acids is 2. The largest absolute Gasteiger partial charge is 0.481 e. The van der Waals surface area contributed by atoms with Gasteiger partial charge in [0.25, 0.3) is 5.91 Å². The molecule has 0 aliphatic heterocycles. The Labute approximate surface area is 147 Å². The summed E-state index contributed by atoms with van der Waals surface area (Å²) in [5.74, 6) is -4.44. The van der Waals surface area contributed by atoms with Crippen molar-refractivity contribution in [2.24, 2.45) is 5.73 Å². The first-order chi connectivity index (χ1) is 12.1. The fourth-order valence-corrected chi connectivity index (χ4v) is 1.78. The molecule has 0 radical (unpaired) electrons. The molecule has 1 aromatic rings. The lowest BCUT2D eigenvalue weighted by Crippen LogP contribution is -2.48. The molecule has 0 bridgehead atoms. The lowest BCUT2D eigenvalue weighted by molar-refractivity contribution is -0.160. The van der Waals surface area contributed by atoms with Crippen molar-refractivity contribution in [1.82, 2.24) is 10.4 Å². The molecule has 140 valence electrons. The Bertz CT molecular complexity index is 717. The van der Waals surface area contributed by atoms with Gasteiger partial charge in [0.1, 0.15) is 18.4 Å². The molecule has 0 saturated heterocycles. The molecular weight excluding hydrogens is 348 g/mol. The Kier molecular flexibility index (Phi) is 7.08. The summed E-state index contributed by atoms with van der Waals surface area (Å²) in [6.07, 6.45) is -0.811. The molecule has 1 atom stereocenters. The first-order valence-electron chi connectivity index (χ1n) is 7.24. The van der Waals surface area contributed by atoms with E-state index in [1.807, 2.05) is 5.32 Å². The van der Waals surface area contributed by atoms with Crippen molar-refractivity contribution in [1.29, 1.82) is 5.41 Å². The maximum absolute atomic E-state index is 11.9. The summed E-state index contributed by atoms with van der Waals surface area (Å²) in [4.78, 5) is 50.3. The summed E-state index contributed by atoms with van der Waals surface area (Å²) < 4.78 is 0. The van der Waals surface area contributed by atoms with Crippen molar-refractivity contribution in [3.8, 4) is 5.75 Å². The van der Waals surface area contributed by atoms with Gasteiger partial charge in [-0.2, -0.15) is 5.06 Å². The molecule has 0 aliphatic carbocycles. The smallest absolute Gasteiger partial charge is 0.326 e. The highest BCUT2D eigenvalue weighted by Gasteiger charge is 2.25. The summed E-state index contributed by atoms with van der Waals surface area (Å²) in [6, 6.07) is 4.17. The van der Waals surface area contributed by atoms with E-state index in [-0.39, 0.29) is 11.6 Å². The Morgan fingerprint density at radius 2 is 1.81 bits per heavy atom. The number of carbonyl (C=O) groups excluding carboxylic acids is 2. The van der Waals surface area contributed by atoms with Crippen molar-refractivity contribution in [2.45, 2.75) is 19.4 Å². The number of amides is 2. The standard InChI is InChI=1S/C15H18N4O7/c1-8(20)19(26-10-4-2-9(3-5-10)14(16)17)7-12(21)18-11(15(24)25)6-13(22)23/h2-5,11H,6-7H2,1H3,(H3,16,17)(H,18,21)(H,22,23)(H,24,25)/t11-/m0/s1. The molecule has 0 aromatic heterocycles. The van der Waals surface area contributed by atoms with Crippen molar-refractivity contribution in [3.63, 3.8) is 0 Å². The molecule has 6 N–H and O–H groups in total. The van der Waals surface area contributed by atoms with Gasteiger partial charge < -0.3 is 26.1 Å². The Hall–Kier alpha value is -3.63. The minimum Gasteiger partial charge on any atom is -0.481 e. The number of benzene rings is 1. The van der Waals surface area contributed by atoms with Crippen LogP contribution in [0.3, 0.4) is 0 Å². The van der Waals surface area contributed by atoms with Gasteiger partial charge in [-0.25, -0.2) is 4.79 Å². The Balaban J connectivity index is 2.76. The number of hydrogen-bond donors (Lipinski definition) is 5. The number of hydroxylamine groups is 2. The van der Waals surface area contributed by atoms with Gasteiger partial charge in [-0.05, 0) is 24.3 Å².